The number of carbonyl (C=O) groups excluding carboxylic acids is 1. The predicted molar refractivity (Wildman–Crippen MR) is 111 cm³/mol. The van der Waals surface area contributed by atoms with Gasteiger partial charge >= 0.3 is 0 Å². The van der Waals surface area contributed by atoms with Gasteiger partial charge in [-0.05, 0) is 37.0 Å². The van der Waals surface area contributed by atoms with Crippen molar-refractivity contribution in [2.45, 2.75) is 32.0 Å². The van der Waals surface area contributed by atoms with Gasteiger partial charge in [-0.2, -0.15) is 0 Å². The third kappa shape index (κ3) is 5.85. The Labute approximate surface area is 169 Å². The first kappa shape index (κ1) is 19.9. The van der Waals surface area contributed by atoms with Gasteiger partial charge in [-0.3, -0.25) is 9.89 Å². The Morgan fingerprint density at radius 1 is 1.11 bits per heavy atom. The number of thioether (sulfide) groups is 1. The van der Waals surface area contributed by atoms with Gasteiger partial charge in [0.1, 0.15) is 12.4 Å². The van der Waals surface area contributed by atoms with E-state index in [4.69, 9.17) is 4.74 Å². The number of aryl methyl sites for hydroxylation is 2. The molecule has 3 rings (SSSR count). The second kappa shape index (κ2) is 9.94. The number of ether oxygens (including phenoxy) is 1. The van der Waals surface area contributed by atoms with Crippen LogP contribution in [-0.4, -0.2) is 33.4 Å². The van der Waals surface area contributed by atoms with Crippen LogP contribution in [0.15, 0.2) is 53.7 Å². The molecule has 0 atom stereocenters. The minimum Gasteiger partial charge on any atom is -0.485 e. The minimum absolute atomic E-state index is 0.0286. The molecule has 146 valence electrons. The van der Waals surface area contributed by atoms with Gasteiger partial charge in [0.05, 0.1) is 5.75 Å². The Kier molecular flexibility index (Phi) is 7.08. The first-order chi connectivity index (χ1) is 13.6. The highest BCUT2D eigenvalue weighted by atomic mass is 32.2. The number of nitrogens with one attached hydrogen (secondary N) is 2. The van der Waals surface area contributed by atoms with Gasteiger partial charge in [-0.1, -0.05) is 60.3 Å². The van der Waals surface area contributed by atoms with Crippen LogP contribution in [0.2, 0.25) is 0 Å². The maximum atomic E-state index is 12.0. The summed E-state index contributed by atoms with van der Waals surface area (Å²) >= 11 is 1.30. The third-order valence-electron chi connectivity index (χ3n) is 4.18. The molecule has 7 heteroatoms. The van der Waals surface area contributed by atoms with Crippen LogP contribution in [0.3, 0.4) is 0 Å². The summed E-state index contributed by atoms with van der Waals surface area (Å²) in [6, 6.07) is 16.1. The van der Waals surface area contributed by atoms with E-state index in [1.807, 2.05) is 50.2 Å². The molecule has 0 fully saturated rings. The second-order valence-corrected chi connectivity index (χ2v) is 7.39. The molecular formula is C21H24N4O2S. The molecule has 0 spiro atoms. The van der Waals surface area contributed by atoms with Crippen molar-refractivity contribution in [2.24, 2.45) is 0 Å². The van der Waals surface area contributed by atoms with Gasteiger partial charge in [0.15, 0.2) is 5.82 Å². The number of aromatic amines is 1. The molecule has 1 heterocycles. The number of carbonyl (C=O) groups is 1. The van der Waals surface area contributed by atoms with Crippen molar-refractivity contribution in [2.75, 3.05) is 12.3 Å². The number of nitrogens with zero attached hydrogens (tertiary/aromatic N) is 2. The van der Waals surface area contributed by atoms with Crippen LogP contribution in [0, 0.1) is 13.8 Å². The van der Waals surface area contributed by atoms with E-state index in [1.54, 1.807) is 0 Å². The standard InChI is InChI=1S/C21H24N4O2S/c1-15-7-6-8-16(2)20(15)27-13-18-23-21(25-24-18)28-14-19(26)22-12-11-17-9-4-3-5-10-17/h3-10H,11-14H2,1-2H3,(H,22,26)(H,23,24,25). The highest BCUT2D eigenvalue weighted by molar-refractivity contribution is 7.99. The molecule has 6 nitrogen and oxygen atoms in total. The predicted octanol–water partition coefficient (Wildman–Crippen LogP) is 3.45. The highest BCUT2D eigenvalue weighted by Gasteiger charge is 2.09. The first-order valence-electron chi connectivity index (χ1n) is 9.15. The van der Waals surface area contributed by atoms with E-state index in [0.29, 0.717) is 24.1 Å². The second-order valence-electron chi connectivity index (χ2n) is 6.45. The van der Waals surface area contributed by atoms with E-state index >= 15 is 0 Å². The summed E-state index contributed by atoms with van der Waals surface area (Å²) in [6.07, 6.45) is 0.817. The molecule has 0 aliphatic heterocycles. The van der Waals surface area contributed by atoms with Crippen molar-refractivity contribution in [1.82, 2.24) is 20.5 Å². The van der Waals surface area contributed by atoms with E-state index in [2.05, 4.69) is 32.6 Å². The lowest BCUT2D eigenvalue weighted by Gasteiger charge is -2.10. The van der Waals surface area contributed by atoms with Gasteiger partial charge in [0, 0.05) is 6.54 Å². The summed E-state index contributed by atoms with van der Waals surface area (Å²) in [4.78, 5) is 16.4. The average molecular weight is 397 g/mol. The SMILES string of the molecule is Cc1cccc(C)c1OCc1nc(SCC(=O)NCCc2ccccc2)n[nH]1. The van der Waals surface area contributed by atoms with Gasteiger partial charge < -0.3 is 10.1 Å². The number of hydrogen-bond donors (Lipinski definition) is 2. The molecule has 28 heavy (non-hydrogen) atoms. The molecule has 0 unspecified atom stereocenters. The zero-order valence-corrected chi connectivity index (χ0v) is 16.9. The van der Waals surface area contributed by atoms with Crippen molar-refractivity contribution in [1.29, 1.82) is 0 Å². The van der Waals surface area contributed by atoms with Crippen molar-refractivity contribution in [3.8, 4) is 5.75 Å². The smallest absolute Gasteiger partial charge is 0.230 e. The van der Waals surface area contributed by atoms with Gasteiger partial charge in [-0.25, -0.2) is 4.98 Å². The van der Waals surface area contributed by atoms with Crippen LogP contribution in [-0.2, 0) is 17.8 Å². The van der Waals surface area contributed by atoms with Crippen LogP contribution < -0.4 is 10.1 Å². The van der Waals surface area contributed by atoms with E-state index in [-0.39, 0.29) is 11.7 Å². The number of H-pyrrole nitrogens is 1. The molecule has 0 aliphatic rings. The number of hydrogen-bond acceptors (Lipinski definition) is 5. The number of aromatic nitrogens is 3. The topological polar surface area (TPSA) is 79.9 Å². The Balaban J connectivity index is 1.40. The Morgan fingerprint density at radius 2 is 1.86 bits per heavy atom. The van der Waals surface area contributed by atoms with Crippen molar-refractivity contribution < 1.29 is 9.53 Å². The number of amides is 1. The third-order valence-corrected chi connectivity index (χ3v) is 5.03. The molecule has 0 radical (unpaired) electrons. The maximum Gasteiger partial charge on any atom is 0.230 e. The van der Waals surface area contributed by atoms with Gasteiger partial charge in [0.25, 0.3) is 0 Å². The largest absolute Gasteiger partial charge is 0.485 e. The zero-order valence-electron chi connectivity index (χ0n) is 16.1. The van der Waals surface area contributed by atoms with Crippen LogP contribution in [0.4, 0.5) is 0 Å². The summed E-state index contributed by atoms with van der Waals surface area (Å²) in [5.74, 6) is 1.75. The van der Waals surface area contributed by atoms with Gasteiger partial charge in [-0.15, -0.1) is 5.10 Å². The monoisotopic (exact) mass is 396 g/mol. The summed E-state index contributed by atoms with van der Waals surface area (Å²) in [6.45, 7) is 4.95. The molecule has 0 saturated heterocycles. The molecule has 2 aromatic carbocycles. The number of rotatable bonds is 9. The molecule has 0 saturated carbocycles. The Hall–Kier alpha value is -2.80. The quantitative estimate of drug-likeness (QED) is 0.542. The summed E-state index contributed by atoms with van der Waals surface area (Å²) in [5, 5.41) is 10.5. The lowest BCUT2D eigenvalue weighted by atomic mass is 10.1. The molecule has 0 bridgehead atoms. The Bertz CT molecular complexity index is 892. The van der Waals surface area contributed by atoms with Crippen LogP contribution >= 0.6 is 11.8 Å². The van der Waals surface area contributed by atoms with Crippen LogP contribution in [0.1, 0.15) is 22.5 Å². The summed E-state index contributed by atoms with van der Waals surface area (Å²) in [7, 11) is 0. The lowest BCUT2D eigenvalue weighted by Crippen LogP contribution is -2.27. The number of benzene rings is 2. The van der Waals surface area contributed by atoms with E-state index in [9.17, 15) is 4.79 Å². The van der Waals surface area contributed by atoms with E-state index in [1.165, 1.54) is 17.3 Å². The van der Waals surface area contributed by atoms with Crippen molar-refractivity contribution >= 4 is 17.7 Å². The minimum atomic E-state index is -0.0286. The molecule has 1 aromatic heterocycles. The van der Waals surface area contributed by atoms with Gasteiger partial charge in [0.2, 0.25) is 11.1 Å². The van der Waals surface area contributed by atoms with E-state index in [0.717, 1.165) is 23.3 Å². The fraction of sp³-hybridized carbons (Fsp3) is 0.286. The average Bonchev–Trinajstić information content (AvgIpc) is 3.15. The van der Waals surface area contributed by atoms with E-state index < -0.39 is 0 Å². The molecule has 3 aromatic rings. The fourth-order valence-electron chi connectivity index (χ4n) is 2.75. The van der Waals surface area contributed by atoms with Crippen molar-refractivity contribution in [3.05, 3.63) is 71.0 Å². The fourth-order valence-corrected chi connectivity index (χ4v) is 3.39. The molecule has 2 N–H and O–H groups in total. The van der Waals surface area contributed by atoms with Crippen LogP contribution in [0.5, 0.6) is 5.75 Å². The van der Waals surface area contributed by atoms with Crippen LogP contribution in [0.25, 0.3) is 0 Å². The molecular weight excluding hydrogens is 372 g/mol. The van der Waals surface area contributed by atoms with Crippen molar-refractivity contribution in [3.63, 3.8) is 0 Å². The first-order valence-corrected chi connectivity index (χ1v) is 10.1. The zero-order chi connectivity index (χ0) is 19.8. The molecule has 0 aliphatic carbocycles. The summed E-state index contributed by atoms with van der Waals surface area (Å²) < 4.78 is 5.87. The maximum absolute atomic E-state index is 12.0. The molecule has 1 amide bonds. The Morgan fingerprint density at radius 3 is 2.61 bits per heavy atom. The highest BCUT2D eigenvalue weighted by Crippen LogP contribution is 2.23. The number of para-hydroxylation sites is 1. The lowest BCUT2D eigenvalue weighted by molar-refractivity contribution is -0.118. The normalized spacial score (nSPS) is 10.6. The summed E-state index contributed by atoms with van der Waals surface area (Å²) in [5.41, 5.74) is 3.38.